The summed E-state index contributed by atoms with van der Waals surface area (Å²) in [5, 5.41) is 9.28. The third-order valence-electron chi connectivity index (χ3n) is 5.40. The lowest BCUT2D eigenvalue weighted by molar-refractivity contribution is -0.138. The molecule has 1 atom stereocenters. The maximum atomic E-state index is 13.6. The molecule has 1 N–H and O–H groups in total. The van der Waals surface area contributed by atoms with Crippen molar-refractivity contribution in [2.24, 2.45) is 0 Å². The van der Waals surface area contributed by atoms with E-state index in [9.17, 15) is 23.1 Å². The summed E-state index contributed by atoms with van der Waals surface area (Å²) in [7, 11) is 1.51. The van der Waals surface area contributed by atoms with Gasteiger partial charge >= 0.3 is 12.1 Å². The molecule has 0 spiro atoms. The van der Waals surface area contributed by atoms with E-state index < -0.39 is 22.9 Å². The number of aliphatic carboxylic acids is 1. The van der Waals surface area contributed by atoms with Crippen LogP contribution < -0.4 is 9.47 Å². The topological polar surface area (TPSA) is 68.7 Å². The number of nitrogens with zero attached hydrogens (tertiary/aromatic N) is 1. The Morgan fingerprint density at radius 3 is 2.34 bits per heavy atom. The molecule has 1 unspecified atom stereocenters. The van der Waals surface area contributed by atoms with Crippen LogP contribution in [0, 0.1) is 13.8 Å². The molecule has 5 nitrogen and oxygen atoms in total. The summed E-state index contributed by atoms with van der Waals surface area (Å²) < 4.78 is 55.8. The Balaban J connectivity index is 1.95. The van der Waals surface area contributed by atoms with Crippen molar-refractivity contribution in [2.45, 2.75) is 39.5 Å². The number of hydrogen-bond acceptors (Lipinski definition) is 5. The second-order valence-corrected chi connectivity index (χ2v) is 8.09. The number of carboxylic acid groups (broad SMARTS) is 1. The van der Waals surface area contributed by atoms with E-state index in [1.807, 2.05) is 0 Å². The van der Waals surface area contributed by atoms with Gasteiger partial charge in [0.1, 0.15) is 23.0 Å². The van der Waals surface area contributed by atoms with Gasteiger partial charge in [-0.2, -0.15) is 17.5 Å². The average molecular weight is 465 g/mol. The van der Waals surface area contributed by atoms with Crippen molar-refractivity contribution >= 4 is 17.5 Å². The minimum absolute atomic E-state index is 0.0484. The minimum Gasteiger partial charge on any atom is -0.497 e. The highest BCUT2D eigenvalue weighted by Crippen LogP contribution is 2.41. The second-order valence-electron chi connectivity index (χ2n) is 7.32. The van der Waals surface area contributed by atoms with Gasteiger partial charge in [0.25, 0.3) is 0 Å². The van der Waals surface area contributed by atoms with Gasteiger partial charge in [0, 0.05) is 11.1 Å². The molecule has 0 bridgehead atoms. The molecule has 0 saturated heterocycles. The summed E-state index contributed by atoms with van der Waals surface area (Å²) in [6.07, 6.45) is -4.56. The molecule has 0 saturated carbocycles. The van der Waals surface area contributed by atoms with Gasteiger partial charge in [-0.25, -0.2) is 0 Å². The van der Waals surface area contributed by atoms with Gasteiger partial charge in [0.05, 0.1) is 18.7 Å². The first-order valence-electron chi connectivity index (χ1n) is 9.70. The number of benzene rings is 2. The lowest BCUT2D eigenvalue weighted by atomic mass is 9.93. The fraction of sp³-hybridized carbons (Fsp3) is 0.304. The zero-order chi connectivity index (χ0) is 23.6. The molecule has 2 aromatic carbocycles. The number of carboxylic acids is 1. The number of rotatable bonds is 7. The number of aromatic nitrogens is 1. The van der Waals surface area contributed by atoms with Gasteiger partial charge < -0.3 is 14.6 Å². The van der Waals surface area contributed by atoms with E-state index in [0.717, 1.165) is 5.56 Å². The quantitative estimate of drug-likeness (QED) is 0.449. The van der Waals surface area contributed by atoms with Crippen molar-refractivity contribution in [3.63, 3.8) is 0 Å². The number of carbonyl (C=O) groups is 1. The summed E-state index contributed by atoms with van der Waals surface area (Å²) in [4.78, 5) is 10.5. The molecule has 32 heavy (non-hydrogen) atoms. The van der Waals surface area contributed by atoms with E-state index in [-0.39, 0.29) is 17.9 Å². The van der Waals surface area contributed by atoms with Crippen LogP contribution >= 0.6 is 11.5 Å². The lowest BCUT2D eigenvalue weighted by Crippen LogP contribution is -2.11. The first kappa shape index (κ1) is 23.6. The Labute approximate surface area is 187 Å². The zero-order valence-corrected chi connectivity index (χ0v) is 18.7. The number of alkyl halides is 3. The van der Waals surface area contributed by atoms with E-state index in [4.69, 9.17) is 9.47 Å². The van der Waals surface area contributed by atoms with Crippen molar-refractivity contribution in [2.75, 3.05) is 7.11 Å². The summed E-state index contributed by atoms with van der Waals surface area (Å²) in [6, 6.07) is 9.84. The fourth-order valence-electron chi connectivity index (χ4n) is 3.37. The van der Waals surface area contributed by atoms with Crippen molar-refractivity contribution in [1.29, 1.82) is 0 Å². The summed E-state index contributed by atoms with van der Waals surface area (Å²) >= 11 is 0.388. The Bertz CT molecular complexity index is 1120. The molecule has 3 aromatic rings. The average Bonchev–Trinajstić information content (AvgIpc) is 3.19. The number of hydrogen-bond donors (Lipinski definition) is 1. The molecule has 1 aromatic heterocycles. The summed E-state index contributed by atoms with van der Waals surface area (Å²) in [5.41, 5.74) is 2.72. The maximum absolute atomic E-state index is 13.6. The highest BCUT2D eigenvalue weighted by molar-refractivity contribution is 7.06. The predicted octanol–water partition coefficient (Wildman–Crippen LogP) is 6.22. The maximum Gasteiger partial charge on any atom is 0.427 e. The first-order chi connectivity index (χ1) is 15.0. The molecule has 0 amide bonds. The SMILES string of the molecule is COc1ccc(-c2nsc(C(F)(F)F)c2COc2ccc(C(C)C(=O)O)c(C)c2C)cc1. The van der Waals surface area contributed by atoms with Crippen LogP contribution in [0.5, 0.6) is 11.5 Å². The van der Waals surface area contributed by atoms with E-state index in [0.29, 0.717) is 39.7 Å². The summed E-state index contributed by atoms with van der Waals surface area (Å²) in [5.74, 6) is -0.685. The van der Waals surface area contributed by atoms with Crippen LogP contribution in [0.3, 0.4) is 0 Å². The Morgan fingerprint density at radius 1 is 1.12 bits per heavy atom. The predicted molar refractivity (Wildman–Crippen MR) is 115 cm³/mol. The van der Waals surface area contributed by atoms with Crippen LogP contribution in [0.1, 0.15) is 40.0 Å². The molecular formula is C23H22F3NO4S. The Morgan fingerprint density at radius 2 is 1.78 bits per heavy atom. The van der Waals surface area contributed by atoms with Crippen LogP contribution in [0.2, 0.25) is 0 Å². The highest BCUT2D eigenvalue weighted by Gasteiger charge is 2.38. The molecule has 3 rings (SSSR count). The van der Waals surface area contributed by atoms with Crippen LogP contribution in [0.25, 0.3) is 11.3 Å². The van der Waals surface area contributed by atoms with Crippen LogP contribution in [0.15, 0.2) is 36.4 Å². The number of ether oxygens (including phenoxy) is 2. The van der Waals surface area contributed by atoms with Crippen molar-refractivity contribution < 1.29 is 32.5 Å². The minimum atomic E-state index is -4.56. The molecular weight excluding hydrogens is 443 g/mol. The van der Waals surface area contributed by atoms with E-state index in [2.05, 4.69) is 4.37 Å². The molecule has 0 aliphatic heterocycles. The van der Waals surface area contributed by atoms with Gasteiger partial charge in [-0.1, -0.05) is 6.07 Å². The molecule has 0 fully saturated rings. The van der Waals surface area contributed by atoms with Crippen LogP contribution in [-0.4, -0.2) is 22.6 Å². The van der Waals surface area contributed by atoms with Gasteiger partial charge in [0.15, 0.2) is 0 Å². The smallest absolute Gasteiger partial charge is 0.427 e. The fourth-order valence-corrected chi connectivity index (χ4v) is 4.13. The van der Waals surface area contributed by atoms with Gasteiger partial charge in [0.2, 0.25) is 0 Å². The Kier molecular flexibility index (Phi) is 6.78. The van der Waals surface area contributed by atoms with Gasteiger partial charge in [-0.15, -0.1) is 0 Å². The largest absolute Gasteiger partial charge is 0.497 e. The number of methoxy groups -OCH3 is 1. The third kappa shape index (κ3) is 4.72. The molecule has 1 heterocycles. The zero-order valence-electron chi connectivity index (χ0n) is 17.9. The highest BCUT2D eigenvalue weighted by atomic mass is 32.1. The molecule has 170 valence electrons. The first-order valence-corrected chi connectivity index (χ1v) is 10.5. The van der Waals surface area contributed by atoms with Gasteiger partial charge in [-0.05, 0) is 79.3 Å². The van der Waals surface area contributed by atoms with E-state index in [1.165, 1.54) is 7.11 Å². The Hall–Kier alpha value is -3.07. The molecule has 0 radical (unpaired) electrons. The molecule has 0 aliphatic carbocycles. The second kappa shape index (κ2) is 9.20. The molecule has 9 heteroatoms. The monoisotopic (exact) mass is 465 g/mol. The standard InChI is InChI=1S/C23H22F3NO4S/c1-12-13(2)19(10-9-17(12)14(3)22(28)29)31-11-18-20(27-32-21(18)23(24,25)26)15-5-7-16(30-4)8-6-15/h5-10,14H,11H2,1-4H3,(H,28,29). The van der Waals surface area contributed by atoms with Crippen molar-refractivity contribution in [3.05, 3.63) is 63.5 Å². The van der Waals surface area contributed by atoms with E-state index in [1.54, 1.807) is 57.2 Å². The van der Waals surface area contributed by atoms with Crippen molar-refractivity contribution in [1.82, 2.24) is 4.37 Å². The lowest BCUT2D eigenvalue weighted by Gasteiger charge is -2.17. The van der Waals surface area contributed by atoms with Crippen molar-refractivity contribution in [3.8, 4) is 22.8 Å². The summed E-state index contributed by atoms with van der Waals surface area (Å²) in [6.45, 7) is 4.77. The molecule has 0 aliphatic rings. The van der Waals surface area contributed by atoms with Gasteiger partial charge in [-0.3, -0.25) is 4.79 Å². The van der Waals surface area contributed by atoms with E-state index >= 15 is 0 Å². The third-order valence-corrected chi connectivity index (χ3v) is 6.33. The van der Waals surface area contributed by atoms with Crippen LogP contribution in [0.4, 0.5) is 13.2 Å². The van der Waals surface area contributed by atoms with Crippen LogP contribution in [-0.2, 0) is 17.6 Å². The number of halogens is 3. The normalized spacial score (nSPS) is 12.5.